The van der Waals surface area contributed by atoms with E-state index in [-0.39, 0.29) is 17.8 Å². The minimum atomic E-state index is -0.224. The van der Waals surface area contributed by atoms with Gasteiger partial charge in [-0.05, 0) is 58.8 Å². The normalized spacial score (nSPS) is 16.1. The molecule has 0 saturated heterocycles. The topological polar surface area (TPSA) is 32.3 Å². The Morgan fingerprint density at radius 3 is 2.59 bits per heavy atom. The summed E-state index contributed by atoms with van der Waals surface area (Å²) < 4.78 is 13.0. The van der Waals surface area contributed by atoms with Gasteiger partial charge in [-0.1, -0.05) is 24.3 Å². The van der Waals surface area contributed by atoms with E-state index in [1.165, 1.54) is 22.6 Å². The molecule has 0 aliphatic carbocycles. The third kappa shape index (κ3) is 3.74. The number of hydrogen-bond donors (Lipinski definition) is 1. The van der Waals surface area contributed by atoms with E-state index in [4.69, 9.17) is 0 Å². The van der Waals surface area contributed by atoms with Crippen LogP contribution >= 0.6 is 11.3 Å². The Balaban J connectivity index is 1.52. The SMILES string of the molecule is CC(=O)N1CCc2sccc2C1c1ccc(NCc2ccc(F)cc2)cc1. The predicted octanol–water partition coefficient (Wildman–Crippen LogP) is 4.99. The summed E-state index contributed by atoms with van der Waals surface area (Å²) >= 11 is 1.77. The highest BCUT2D eigenvalue weighted by Crippen LogP contribution is 2.38. The molecule has 1 unspecified atom stereocenters. The van der Waals surface area contributed by atoms with Crippen molar-refractivity contribution < 1.29 is 9.18 Å². The number of anilines is 1. The molecule has 4 rings (SSSR count). The summed E-state index contributed by atoms with van der Waals surface area (Å²) in [7, 11) is 0. The Hall–Kier alpha value is -2.66. The summed E-state index contributed by atoms with van der Waals surface area (Å²) in [5, 5.41) is 5.47. The fraction of sp³-hybridized carbons (Fsp3) is 0.227. The Labute approximate surface area is 162 Å². The first kappa shape index (κ1) is 17.7. The monoisotopic (exact) mass is 380 g/mol. The van der Waals surface area contributed by atoms with Crippen LogP contribution in [-0.2, 0) is 17.8 Å². The van der Waals surface area contributed by atoms with Gasteiger partial charge in [0.2, 0.25) is 5.91 Å². The molecule has 3 aromatic rings. The number of nitrogens with one attached hydrogen (secondary N) is 1. The number of benzene rings is 2. The first-order valence-corrected chi connectivity index (χ1v) is 9.91. The second-order valence-electron chi connectivity index (χ2n) is 6.77. The molecule has 1 aromatic heterocycles. The Kier molecular flexibility index (Phi) is 4.94. The predicted molar refractivity (Wildman–Crippen MR) is 107 cm³/mol. The zero-order valence-electron chi connectivity index (χ0n) is 15.1. The van der Waals surface area contributed by atoms with E-state index in [9.17, 15) is 9.18 Å². The molecule has 1 aliphatic heterocycles. The van der Waals surface area contributed by atoms with Crippen molar-refractivity contribution in [3.05, 3.63) is 87.4 Å². The van der Waals surface area contributed by atoms with Gasteiger partial charge in [-0.25, -0.2) is 4.39 Å². The number of carbonyl (C=O) groups is 1. The number of fused-ring (bicyclic) bond motifs is 1. The van der Waals surface area contributed by atoms with E-state index >= 15 is 0 Å². The third-order valence-electron chi connectivity index (χ3n) is 5.01. The lowest BCUT2D eigenvalue weighted by Gasteiger charge is -2.35. The maximum absolute atomic E-state index is 13.0. The van der Waals surface area contributed by atoms with Crippen LogP contribution in [0.25, 0.3) is 0 Å². The van der Waals surface area contributed by atoms with Crippen LogP contribution < -0.4 is 5.32 Å². The average molecular weight is 380 g/mol. The van der Waals surface area contributed by atoms with Crippen molar-refractivity contribution in [2.24, 2.45) is 0 Å². The molecular weight excluding hydrogens is 359 g/mol. The lowest BCUT2D eigenvalue weighted by Crippen LogP contribution is -2.38. The number of rotatable bonds is 4. The molecule has 1 aliphatic rings. The number of amides is 1. The van der Waals surface area contributed by atoms with Gasteiger partial charge in [0, 0.05) is 30.6 Å². The van der Waals surface area contributed by atoms with E-state index in [0.29, 0.717) is 6.54 Å². The molecular formula is C22H21FN2OS. The molecule has 0 radical (unpaired) electrons. The van der Waals surface area contributed by atoms with Gasteiger partial charge in [-0.3, -0.25) is 4.79 Å². The number of thiophene rings is 1. The first-order chi connectivity index (χ1) is 13.1. The van der Waals surface area contributed by atoms with Crippen LogP contribution in [-0.4, -0.2) is 17.4 Å². The van der Waals surface area contributed by atoms with Crippen molar-refractivity contribution >= 4 is 22.9 Å². The van der Waals surface area contributed by atoms with Gasteiger partial charge < -0.3 is 10.2 Å². The number of nitrogens with zero attached hydrogens (tertiary/aromatic N) is 1. The molecule has 138 valence electrons. The van der Waals surface area contributed by atoms with E-state index < -0.39 is 0 Å². The fourth-order valence-corrected chi connectivity index (χ4v) is 4.51. The minimum absolute atomic E-state index is 0.0105. The molecule has 1 amide bonds. The minimum Gasteiger partial charge on any atom is -0.381 e. The smallest absolute Gasteiger partial charge is 0.220 e. The molecule has 0 spiro atoms. The molecule has 5 heteroatoms. The molecule has 1 N–H and O–H groups in total. The fourth-order valence-electron chi connectivity index (χ4n) is 3.60. The average Bonchev–Trinajstić information content (AvgIpc) is 3.16. The largest absolute Gasteiger partial charge is 0.381 e. The van der Waals surface area contributed by atoms with Crippen LogP contribution in [0.4, 0.5) is 10.1 Å². The van der Waals surface area contributed by atoms with Crippen LogP contribution in [0.5, 0.6) is 0 Å². The van der Waals surface area contributed by atoms with Gasteiger partial charge in [0.25, 0.3) is 0 Å². The van der Waals surface area contributed by atoms with Crippen LogP contribution in [0.15, 0.2) is 60.0 Å². The van der Waals surface area contributed by atoms with Gasteiger partial charge >= 0.3 is 0 Å². The summed E-state index contributed by atoms with van der Waals surface area (Å²) in [6, 6.07) is 16.9. The van der Waals surface area contributed by atoms with Crippen molar-refractivity contribution in [1.29, 1.82) is 0 Å². The van der Waals surface area contributed by atoms with E-state index in [1.807, 2.05) is 17.0 Å². The van der Waals surface area contributed by atoms with Gasteiger partial charge in [0.05, 0.1) is 6.04 Å². The highest BCUT2D eigenvalue weighted by atomic mass is 32.1. The van der Waals surface area contributed by atoms with Crippen molar-refractivity contribution in [3.63, 3.8) is 0 Å². The van der Waals surface area contributed by atoms with Crippen LogP contribution in [0.2, 0.25) is 0 Å². The molecule has 27 heavy (non-hydrogen) atoms. The second kappa shape index (κ2) is 7.53. The Morgan fingerprint density at radius 1 is 1.15 bits per heavy atom. The third-order valence-corrected chi connectivity index (χ3v) is 6.00. The van der Waals surface area contributed by atoms with Gasteiger partial charge in [0.1, 0.15) is 5.82 Å². The van der Waals surface area contributed by atoms with Crippen molar-refractivity contribution in [2.75, 3.05) is 11.9 Å². The van der Waals surface area contributed by atoms with Crippen molar-refractivity contribution in [1.82, 2.24) is 4.90 Å². The van der Waals surface area contributed by atoms with Crippen LogP contribution in [0, 0.1) is 5.82 Å². The second-order valence-corrected chi connectivity index (χ2v) is 7.77. The molecule has 1 atom stereocenters. The summed E-state index contributed by atoms with van der Waals surface area (Å²) in [4.78, 5) is 15.5. The number of halogens is 1. The van der Waals surface area contributed by atoms with Crippen molar-refractivity contribution in [3.8, 4) is 0 Å². The zero-order chi connectivity index (χ0) is 18.8. The summed E-state index contributed by atoms with van der Waals surface area (Å²) in [6.45, 7) is 3.04. The van der Waals surface area contributed by atoms with E-state index in [1.54, 1.807) is 30.4 Å². The maximum atomic E-state index is 13.0. The Bertz CT molecular complexity index is 934. The quantitative estimate of drug-likeness (QED) is 0.691. The lowest BCUT2D eigenvalue weighted by molar-refractivity contribution is -0.130. The first-order valence-electron chi connectivity index (χ1n) is 9.03. The maximum Gasteiger partial charge on any atom is 0.220 e. The van der Waals surface area contributed by atoms with Gasteiger partial charge in [0.15, 0.2) is 0 Å². The lowest BCUT2D eigenvalue weighted by atomic mass is 9.93. The zero-order valence-corrected chi connectivity index (χ0v) is 15.9. The highest BCUT2D eigenvalue weighted by molar-refractivity contribution is 7.10. The van der Waals surface area contributed by atoms with Crippen molar-refractivity contribution in [2.45, 2.75) is 25.9 Å². The highest BCUT2D eigenvalue weighted by Gasteiger charge is 2.31. The molecule has 0 saturated carbocycles. The molecule has 2 heterocycles. The van der Waals surface area contributed by atoms with E-state index in [0.717, 1.165) is 29.8 Å². The van der Waals surface area contributed by atoms with Gasteiger partial charge in [-0.15, -0.1) is 11.3 Å². The van der Waals surface area contributed by atoms with E-state index in [2.05, 4.69) is 28.9 Å². The molecule has 2 aromatic carbocycles. The number of carbonyl (C=O) groups excluding carboxylic acids is 1. The standard InChI is InChI=1S/C22H21FN2OS/c1-15(26)25-12-10-21-20(11-13-27-21)22(25)17-4-8-19(9-5-17)24-14-16-2-6-18(23)7-3-16/h2-9,11,13,22,24H,10,12,14H2,1H3. The molecule has 0 bridgehead atoms. The van der Waals surface area contributed by atoms with Gasteiger partial charge in [-0.2, -0.15) is 0 Å². The molecule has 0 fully saturated rings. The molecule has 3 nitrogen and oxygen atoms in total. The van der Waals surface area contributed by atoms with Crippen LogP contribution in [0.1, 0.15) is 34.5 Å². The number of hydrogen-bond acceptors (Lipinski definition) is 3. The summed E-state index contributed by atoms with van der Waals surface area (Å²) in [5.41, 5.74) is 4.39. The summed E-state index contributed by atoms with van der Waals surface area (Å²) in [6.07, 6.45) is 0.931. The van der Waals surface area contributed by atoms with Crippen LogP contribution in [0.3, 0.4) is 0 Å². The summed E-state index contributed by atoms with van der Waals surface area (Å²) in [5.74, 6) is -0.117. The Morgan fingerprint density at radius 2 is 1.89 bits per heavy atom.